The quantitative estimate of drug-likeness (QED) is 0.450. The van der Waals surface area contributed by atoms with Crippen LogP contribution in [0.15, 0.2) is 41.5 Å². The van der Waals surface area contributed by atoms with E-state index >= 15 is 0 Å². The Hall–Kier alpha value is -3.14. The van der Waals surface area contributed by atoms with E-state index in [2.05, 4.69) is 22.7 Å². The van der Waals surface area contributed by atoms with Crippen molar-refractivity contribution in [1.82, 2.24) is 10.3 Å². The topological polar surface area (TPSA) is 74.0 Å². The second kappa shape index (κ2) is 8.91. The van der Waals surface area contributed by atoms with Crippen LogP contribution in [0.2, 0.25) is 0 Å². The summed E-state index contributed by atoms with van der Waals surface area (Å²) in [6.45, 7) is 1.09. The van der Waals surface area contributed by atoms with Gasteiger partial charge in [0.1, 0.15) is 5.82 Å². The predicted molar refractivity (Wildman–Crippen MR) is 108 cm³/mol. The van der Waals surface area contributed by atoms with Gasteiger partial charge in [-0.3, -0.25) is 10.2 Å². The zero-order valence-corrected chi connectivity index (χ0v) is 16.1. The number of carbonyl (C=O) groups is 1. The number of piperazine rings is 1. The van der Waals surface area contributed by atoms with E-state index in [9.17, 15) is 18.0 Å². The predicted octanol–water partition coefficient (Wildman–Crippen LogP) is 2.23. The number of hydrazone groups is 1. The number of nitrogens with two attached hydrogens (primary N) is 1. The van der Waals surface area contributed by atoms with Gasteiger partial charge in [-0.2, -0.15) is 5.10 Å². The fourth-order valence-electron chi connectivity index (χ4n) is 3.02. The van der Waals surface area contributed by atoms with Gasteiger partial charge in [0.25, 0.3) is 5.91 Å². The lowest BCUT2D eigenvalue weighted by molar-refractivity contribution is 0.0742. The van der Waals surface area contributed by atoms with E-state index in [4.69, 9.17) is 5.73 Å². The van der Waals surface area contributed by atoms with E-state index in [-0.39, 0.29) is 48.1 Å². The van der Waals surface area contributed by atoms with Crippen LogP contribution in [0.3, 0.4) is 0 Å². The van der Waals surface area contributed by atoms with E-state index in [1.54, 1.807) is 11.0 Å². The smallest absolute Gasteiger partial charge is 0.256 e. The first-order valence-electron chi connectivity index (χ1n) is 8.73. The maximum absolute atomic E-state index is 14.5. The number of amides is 1. The summed E-state index contributed by atoms with van der Waals surface area (Å²) in [5.74, 6) is -3.08. The van der Waals surface area contributed by atoms with Gasteiger partial charge in [0.15, 0.2) is 16.7 Å². The molecule has 0 atom stereocenters. The molecule has 3 N–H and O–H groups in total. The minimum atomic E-state index is -1.05. The molecule has 0 aromatic heterocycles. The van der Waals surface area contributed by atoms with Gasteiger partial charge >= 0.3 is 0 Å². The Morgan fingerprint density at radius 1 is 1.07 bits per heavy atom. The van der Waals surface area contributed by atoms with E-state index < -0.39 is 23.4 Å². The van der Waals surface area contributed by atoms with Crippen LogP contribution in [-0.4, -0.2) is 48.3 Å². The maximum Gasteiger partial charge on any atom is 0.256 e. The summed E-state index contributed by atoms with van der Waals surface area (Å²) in [7, 11) is 0. The number of thiocarbonyl (C=S) groups is 1. The molecule has 0 unspecified atom stereocenters. The second-order valence-electron chi connectivity index (χ2n) is 6.30. The van der Waals surface area contributed by atoms with Crippen LogP contribution in [0.1, 0.15) is 15.9 Å². The molecule has 0 aliphatic carbocycles. The van der Waals surface area contributed by atoms with Crippen molar-refractivity contribution in [3.8, 4) is 0 Å². The van der Waals surface area contributed by atoms with Crippen molar-refractivity contribution in [1.29, 1.82) is 0 Å². The van der Waals surface area contributed by atoms with Crippen LogP contribution in [0.25, 0.3) is 0 Å². The van der Waals surface area contributed by atoms with E-state index in [1.807, 2.05) is 0 Å². The van der Waals surface area contributed by atoms with Gasteiger partial charge in [-0.05, 0) is 36.5 Å². The molecule has 2 aromatic carbocycles. The number of rotatable bonds is 4. The first-order valence-corrected chi connectivity index (χ1v) is 9.14. The van der Waals surface area contributed by atoms with Gasteiger partial charge in [0.05, 0.1) is 17.5 Å². The number of anilines is 1. The van der Waals surface area contributed by atoms with Crippen LogP contribution < -0.4 is 16.1 Å². The third-order valence-corrected chi connectivity index (χ3v) is 4.57. The van der Waals surface area contributed by atoms with Crippen LogP contribution in [-0.2, 0) is 0 Å². The van der Waals surface area contributed by atoms with Crippen molar-refractivity contribution >= 4 is 35.1 Å². The molecule has 152 valence electrons. The van der Waals surface area contributed by atoms with Gasteiger partial charge in [-0.15, -0.1) is 0 Å². The lowest BCUT2D eigenvalue weighted by Gasteiger charge is -2.36. The third-order valence-electron chi connectivity index (χ3n) is 4.48. The lowest BCUT2D eigenvalue weighted by atomic mass is 10.1. The maximum atomic E-state index is 14.5. The Labute approximate surface area is 170 Å². The highest BCUT2D eigenvalue weighted by Gasteiger charge is 2.26. The Kier molecular flexibility index (Phi) is 6.32. The highest BCUT2D eigenvalue weighted by atomic mass is 32.1. The van der Waals surface area contributed by atoms with Crippen molar-refractivity contribution < 1.29 is 18.0 Å². The van der Waals surface area contributed by atoms with E-state index in [0.717, 1.165) is 6.21 Å². The standard InChI is InChI=1S/C19H18F3N5OS/c20-14-4-2-1-3-13(14)18(28)27-9-7-26(8-10-27)15-6-5-12(16(21)17(15)22)11-24-25-19(23)29/h1-6,11H,7-10H2,(H3,23,25,29). The number of hydrogen-bond donors (Lipinski definition) is 2. The molecule has 1 aliphatic heterocycles. The SMILES string of the molecule is NC(=S)NN=Cc1ccc(N2CCN(C(=O)c3ccccc3F)CC2)c(F)c1F. The molecule has 10 heteroatoms. The highest BCUT2D eigenvalue weighted by molar-refractivity contribution is 7.80. The molecule has 1 aliphatic rings. The van der Waals surface area contributed by atoms with Crippen LogP contribution in [0.5, 0.6) is 0 Å². The molecular weight excluding hydrogens is 403 g/mol. The first-order chi connectivity index (χ1) is 13.9. The van der Waals surface area contributed by atoms with Crippen molar-refractivity contribution in [3.63, 3.8) is 0 Å². The number of carbonyl (C=O) groups excluding carboxylic acids is 1. The zero-order valence-electron chi connectivity index (χ0n) is 15.2. The highest BCUT2D eigenvalue weighted by Crippen LogP contribution is 2.25. The Balaban J connectivity index is 1.68. The normalized spacial score (nSPS) is 14.3. The van der Waals surface area contributed by atoms with Gasteiger partial charge in [0.2, 0.25) is 0 Å². The molecule has 3 rings (SSSR count). The van der Waals surface area contributed by atoms with Crippen molar-refractivity contribution in [2.24, 2.45) is 10.8 Å². The minimum absolute atomic E-state index is 0.00705. The molecule has 1 saturated heterocycles. The first kappa shape index (κ1) is 20.6. The summed E-state index contributed by atoms with van der Waals surface area (Å²) >= 11 is 4.57. The van der Waals surface area contributed by atoms with E-state index in [0.29, 0.717) is 0 Å². The van der Waals surface area contributed by atoms with Gasteiger partial charge < -0.3 is 15.5 Å². The summed E-state index contributed by atoms with van der Waals surface area (Å²) in [5.41, 5.74) is 7.48. The molecule has 1 fully saturated rings. The number of benzene rings is 2. The van der Waals surface area contributed by atoms with Crippen molar-refractivity contribution in [2.75, 3.05) is 31.1 Å². The average molecular weight is 421 g/mol. The number of nitrogens with zero attached hydrogens (tertiary/aromatic N) is 3. The van der Waals surface area contributed by atoms with E-state index in [1.165, 1.54) is 35.2 Å². The molecule has 6 nitrogen and oxygen atoms in total. The van der Waals surface area contributed by atoms with Crippen molar-refractivity contribution in [2.45, 2.75) is 0 Å². The molecule has 29 heavy (non-hydrogen) atoms. The Morgan fingerprint density at radius 2 is 1.76 bits per heavy atom. The lowest BCUT2D eigenvalue weighted by Crippen LogP contribution is -2.49. The number of halogens is 3. The average Bonchev–Trinajstić information content (AvgIpc) is 2.71. The summed E-state index contributed by atoms with van der Waals surface area (Å²) in [5, 5.41) is 3.52. The molecule has 0 saturated carbocycles. The summed E-state index contributed by atoms with van der Waals surface area (Å²) in [6, 6.07) is 8.57. The molecule has 1 heterocycles. The minimum Gasteiger partial charge on any atom is -0.375 e. The monoisotopic (exact) mass is 421 g/mol. The summed E-state index contributed by atoms with van der Waals surface area (Å²) in [6.07, 6.45) is 1.08. The van der Waals surface area contributed by atoms with Crippen molar-refractivity contribution in [3.05, 3.63) is 65.0 Å². The third kappa shape index (κ3) is 4.65. The van der Waals surface area contributed by atoms with Crippen LogP contribution >= 0.6 is 12.2 Å². The van der Waals surface area contributed by atoms with Gasteiger partial charge in [-0.25, -0.2) is 13.2 Å². The van der Waals surface area contributed by atoms with Crippen LogP contribution in [0, 0.1) is 17.5 Å². The molecule has 0 spiro atoms. The van der Waals surface area contributed by atoms with Crippen LogP contribution in [0.4, 0.5) is 18.9 Å². The number of nitrogens with one attached hydrogen (secondary N) is 1. The Bertz CT molecular complexity index is 961. The van der Waals surface area contributed by atoms with Gasteiger partial charge in [-0.1, -0.05) is 12.1 Å². The molecular formula is C19H18F3N5OS. The van der Waals surface area contributed by atoms with Gasteiger partial charge in [0, 0.05) is 31.7 Å². The molecule has 2 aromatic rings. The second-order valence-corrected chi connectivity index (χ2v) is 6.74. The number of hydrogen-bond acceptors (Lipinski definition) is 4. The molecule has 1 amide bonds. The zero-order chi connectivity index (χ0) is 21.0. The fourth-order valence-corrected chi connectivity index (χ4v) is 3.07. The Morgan fingerprint density at radius 3 is 2.41 bits per heavy atom. The largest absolute Gasteiger partial charge is 0.375 e. The summed E-state index contributed by atoms with van der Waals surface area (Å²) in [4.78, 5) is 15.6. The summed E-state index contributed by atoms with van der Waals surface area (Å²) < 4.78 is 42.7. The fraction of sp³-hybridized carbons (Fsp3) is 0.211. The molecule has 0 bridgehead atoms. The molecule has 0 radical (unpaired) electrons.